The number of nitrogens with one attached hydrogen (secondary N) is 1. The highest BCUT2D eigenvalue weighted by Gasteiger charge is 2.03. The fourth-order valence-corrected chi connectivity index (χ4v) is 1.44. The molecule has 0 unspecified atom stereocenters. The lowest BCUT2D eigenvalue weighted by atomic mass is 10.3. The van der Waals surface area contributed by atoms with Crippen LogP contribution >= 0.6 is 0 Å². The number of ether oxygens (including phenoxy) is 1. The van der Waals surface area contributed by atoms with Gasteiger partial charge < -0.3 is 10.1 Å². The molecule has 0 aliphatic rings. The standard InChI is InChI=1S/C13H16N4O/c1-3-14-9-11-6-7-13(17-16-11)18-12-5-4-8-15-10(12)2/h4-8,14H,3,9H2,1-2H3. The SMILES string of the molecule is CCNCc1ccc(Oc2cccnc2C)nn1. The van der Waals surface area contributed by atoms with Gasteiger partial charge >= 0.3 is 0 Å². The van der Waals surface area contributed by atoms with Crippen molar-refractivity contribution >= 4 is 0 Å². The van der Waals surface area contributed by atoms with Crippen LogP contribution in [0.25, 0.3) is 0 Å². The van der Waals surface area contributed by atoms with E-state index >= 15 is 0 Å². The van der Waals surface area contributed by atoms with Crippen LogP contribution < -0.4 is 10.1 Å². The minimum atomic E-state index is 0.478. The Balaban J connectivity index is 2.04. The molecule has 0 spiro atoms. The van der Waals surface area contributed by atoms with Crippen LogP contribution in [-0.4, -0.2) is 21.7 Å². The zero-order valence-corrected chi connectivity index (χ0v) is 10.6. The zero-order chi connectivity index (χ0) is 12.8. The van der Waals surface area contributed by atoms with Gasteiger partial charge in [0.1, 0.15) is 0 Å². The van der Waals surface area contributed by atoms with Crippen LogP contribution in [0.2, 0.25) is 0 Å². The molecule has 2 aromatic heterocycles. The molecular weight excluding hydrogens is 228 g/mol. The Labute approximate surface area is 106 Å². The molecule has 5 heteroatoms. The van der Waals surface area contributed by atoms with E-state index in [1.165, 1.54) is 0 Å². The number of hydrogen-bond acceptors (Lipinski definition) is 5. The number of aromatic nitrogens is 3. The average molecular weight is 244 g/mol. The molecule has 18 heavy (non-hydrogen) atoms. The van der Waals surface area contributed by atoms with Gasteiger partial charge in [-0.05, 0) is 31.7 Å². The summed E-state index contributed by atoms with van der Waals surface area (Å²) in [5, 5.41) is 11.3. The molecule has 5 nitrogen and oxygen atoms in total. The van der Waals surface area contributed by atoms with E-state index in [0.29, 0.717) is 11.6 Å². The molecule has 2 aromatic rings. The lowest BCUT2D eigenvalue weighted by Gasteiger charge is -2.06. The molecule has 0 aliphatic heterocycles. The summed E-state index contributed by atoms with van der Waals surface area (Å²) < 4.78 is 5.61. The Morgan fingerprint density at radius 3 is 2.78 bits per heavy atom. The summed E-state index contributed by atoms with van der Waals surface area (Å²) in [5.74, 6) is 1.18. The summed E-state index contributed by atoms with van der Waals surface area (Å²) in [4.78, 5) is 4.15. The molecule has 0 aliphatic carbocycles. The second-order valence-electron chi connectivity index (χ2n) is 3.83. The fraction of sp³-hybridized carbons (Fsp3) is 0.308. The molecule has 0 aromatic carbocycles. The van der Waals surface area contributed by atoms with Gasteiger partial charge in [-0.1, -0.05) is 6.92 Å². The zero-order valence-electron chi connectivity index (χ0n) is 10.6. The van der Waals surface area contributed by atoms with E-state index in [4.69, 9.17) is 4.74 Å². The van der Waals surface area contributed by atoms with Gasteiger partial charge in [-0.2, -0.15) is 5.10 Å². The second kappa shape index (κ2) is 6.07. The van der Waals surface area contributed by atoms with Gasteiger partial charge in [0, 0.05) is 18.8 Å². The first-order valence-corrected chi connectivity index (χ1v) is 5.92. The van der Waals surface area contributed by atoms with E-state index in [1.807, 2.05) is 31.2 Å². The van der Waals surface area contributed by atoms with E-state index in [-0.39, 0.29) is 0 Å². The fourth-order valence-electron chi connectivity index (χ4n) is 1.44. The minimum Gasteiger partial charge on any atom is -0.436 e. The second-order valence-corrected chi connectivity index (χ2v) is 3.83. The molecule has 0 bridgehead atoms. The van der Waals surface area contributed by atoms with E-state index in [2.05, 4.69) is 27.4 Å². The molecule has 0 saturated carbocycles. The maximum absolute atomic E-state index is 5.61. The summed E-state index contributed by atoms with van der Waals surface area (Å²) in [6.07, 6.45) is 1.73. The highest BCUT2D eigenvalue weighted by molar-refractivity contribution is 5.29. The quantitative estimate of drug-likeness (QED) is 0.872. The maximum atomic E-state index is 5.61. The van der Waals surface area contributed by atoms with Crippen molar-refractivity contribution < 1.29 is 4.74 Å². The van der Waals surface area contributed by atoms with Crippen LogP contribution in [0, 0.1) is 6.92 Å². The number of pyridine rings is 1. The van der Waals surface area contributed by atoms with E-state index in [9.17, 15) is 0 Å². The first-order chi connectivity index (χ1) is 8.79. The Hall–Kier alpha value is -2.01. The predicted molar refractivity (Wildman–Crippen MR) is 68.5 cm³/mol. The van der Waals surface area contributed by atoms with Gasteiger partial charge in [0.2, 0.25) is 5.88 Å². The number of aryl methyl sites for hydroxylation is 1. The Bertz CT molecular complexity index is 499. The van der Waals surface area contributed by atoms with Crippen molar-refractivity contribution in [3.05, 3.63) is 41.9 Å². The van der Waals surface area contributed by atoms with Crippen molar-refractivity contribution in [2.45, 2.75) is 20.4 Å². The summed E-state index contributed by atoms with van der Waals surface area (Å²) in [6.45, 7) is 5.57. The molecule has 0 radical (unpaired) electrons. The molecule has 0 fully saturated rings. The third-order valence-corrected chi connectivity index (χ3v) is 2.42. The smallest absolute Gasteiger partial charge is 0.238 e. The van der Waals surface area contributed by atoms with Gasteiger partial charge in [-0.3, -0.25) is 4.98 Å². The maximum Gasteiger partial charge on any atom is 0.238 e. The molecule has 2 rings (SSSR count). The molecule has 0 saturated heterocycles. The third kappa shape index (κ3) is 3.24. The number of hydrogen-bond donors (Lipinski definition) is 1. The third-order valence-electron chi connectivity index (χ3n) is 2.42. The number of rotatable bonds is 5. The van der Waals surface area contributed by atoms with Crippen molar-refractivity contribution in [3.8, 4) is 11.6 Å². The summed E-state index contributed by atoms with van der Waals surface area (Å²) >= 11 is 0. The lowest BCUT2D eigenvalue weighted by Crippen LogP contribution is -2.13. The normalized spacial score (nSPS) is 10.3. The first kappa shape index (κ1) is 12.4. The highest BCUT2D eigenvalue weighted by atomic mass is 16.5. The Morgan fingerprint density at radius 2 is 2.11 bits per heavy atom. The molecule has 2 heterocycles. The molecule has 1 N–H and O–H groups in total. The summed E-state index contributed by atoms with van der Waals surface area (Å²) in [7, 11) is 0. The van der Waals surface area contributed by atoms with E-state index in [1.54, 1.807) is 6.20 Å². The Kier molecular flexibility index (Phi) is 4.20. The van der Waals surface area contributed by atoms with Gasteiger partial charge in [-0.25, -0.2) is 0 Å². The first-order valence-electron chi connectivity index (χ1n) is 5.92. The highest BCUT2D eigenvalue weighted by Crippen LogP contribution is 2.20. The van der Waals surface area contributed by atoms with Crippen molar-refractivity contribution in [1.29, 1.82) is 0 Å². The van der Waals surface area contributed by atoms with Crippen LogP contribution in [0.4, 0.5) is 0 Å². The largest absolute Gasteiger partial charge is 0.436 e. The van der Waals surface area contributed by atoms with Crippen molar-refractivity contribution in [2.24, 2.45) is 0 Å². The van der Waals surface area contributed by atoms with Crippen LogP contribution in [0.5, 0.6) is 11.6 Å². The van der Waals surface area contributed by atoms with Gasteiger partial charge in [0.25, 0.3) is 0 Å². The minimum absolute atomic E-state index is 0.478. The summed E-state index contributed by atoms with van der Waals surface area (Å²) in [5.41, 5.74) is 1.73. The van der Waals surface area contributed by atoms with Crippen LogP contribution in [0.1, 0.15) is 18.3 Å². The molecule has 94 valence electrons. The van der Waals surface area contributed by atoms with E-state index in [0.717, 1.165) is 24.5 Å². The van der Waals surface area contributed by atoms with Crippen molar-refractivity contribution in [3.63, 3.8) is 0 Å². The van der Waals surface area contributed by atoms with Gasteiger partial charge in [0.05, 0.1) is 11.4 Å². The van der Waals surface area contributed by atoms with Crippen molar-refractivity contribution in [2.75, 3.05) is 6.54 Å². The van der Waals surface area contributed by atoms with E-state index < -0.39 is 0 Å². The monoisotopic (exact) mass is 244 g/mol. The lowest BCUT2D eigenvalue weighted by molar-refractivity contribution is 0.447. The van der Waals surface area contributed by atoms with Crippen LogP contribution in [-0.2, 0) is 6.54 Å². The predicted octanol–water partition coefficient (Wildman–Crippen LogP) is 2.08. The van der Waals surface area contributed by atoms with Crippen LogP contribution in [0.3, 0.4) is 0 Å². The number of nitrogens with zero attached hydrogens (tertiary/aromatic N) is 3. The molecule has 0 amide bonds. The van der Waals surface area contributed by atoms with Gasteiger partial charge in [0.15, 0.2) is 5.75 Å². The molecule has 0 atom stereocenters. The Morgan fingerprint density at radius 1 is 1.22 bits per heavy atom. The van der Waals surface area contributed by atoms with Crippen LogP contribution in [0.15, 0.2) is 30.5 Å². The average Bonchev–Trinajstić information content (AvgIpc) is 2.41. The molecular formula is C13H16N4O. The summed E-state index contributed by atoms with van der Waals surface area (Å²) in [6, 6.07) is 7.40. The van der Waals surface area contributed by atoms with Gasteiger partial charge in [-0.15, -0.1) is 5.10 Å². The van der Waals surface area contributed by atoms with Crippen molar-refractivity contribution in [1.82, 2.24) is 20.5 Å². The topological polar surface area (TPSA) is 59.9 Å².